The Bertz CT molecular complexity index is 3080. The third-order valence-electron chi connectivity index (χ3n) is 24.9. The monoisotopic (exact) mass is 1220 g/mol. The molecule has 23 unspecified atom stereocenters. The van der Waals surface area contributed by atoms with Crippen molar-refractivity contribution in [1.29, 1.82) is 0 Å². The minimum Gasteiger partial charge on any atom is -0.508 e. The van der Waals surface area contributed by atoms with Gasteiger partial charge in [0.2, 0.25) is 0 Å². The number of ketones is 2. The second kappa shape index (κ2) is 23.2. The van der Waals surface area contributed by atoms with Crippen LogP contribution in [0.15, 0.2) is 70.6 Å². The molecule has 12 rings (SSSR count). The zero-order chi connectivity index (χ0) is 61.0. The second-order valence-corrected chi connectivity index (χ2v) is 31.7. The van der Waals surface area contributed by atoms with E-state index in [-0.39, 0.29) is 122 Å². The number of Topliss-reactive ketones (excluding diaryl/α,β-unsaturated/α-hetero) is 2. The summed E-state index contributed by atoms with van der Waals surface area (Å²) in [5.41, 5.74) is 7.46. The quantitative estimate of drug-likeness (QED) is 0.0304. The van der Waals surface area contributed by atoms with Gasteiger partial charge in [0.05, 0.1) is 47.2 Å². The molecule has 3 heterocycles. The SMILES string of the molecule is CCC1OC(=O)C(c2cc[nH]c2)C1C1C#CCC2CC3(O)C4=C5NC(CO)C(=O)CC(c6ccc(O)cc6)CSSCC6C(O)C(O)CC(C)(C4CCC3(CCN=C(N)N)C2C(C)(O)C2(O)CCC3(C1)C1CC(C)CCC1=CCC3C(C)C2)C6C5=O. The molecule has 18 heteroatoms. The highest BCUT2D eigenvalue weighted by molar-refractivity contribution is 8.76. The van der Waals surface area contributed by atoms with Gasteiger partial charge in [0.1, 0.15) is 17.9 Å². The maximum atomic E-state index is 16.4. The Labute approximate surface area is 514 Å². The average molecular weight is 1220 g/mol. The van der Waals surface area contributed by atoms with E-state index in [9.17, 15) is 40.2 Å². The number of H-pyrrole nitrogens is 1. The van der Waals surface area contributed by atoms with E-state index in [1.165, 1.54) is 27.2 Å². The van der Waals surface area contributed by atoms with Crippen LogP contribution in [0.25, 0.3) is 0 Å². The number of aromatic hydroxyl groups is 1. The number of aliphatic hydroxyl groups is 6. The van der Waals surface area contributed by atoms with Gasteiger partial charge >= 0.3 is 5.97 Å². The minimum absolute atomic E-state index is 0.0121. The first-order valence-corrected chi connectivity index (χ1v) is 34.8. The number of aliphatic hydroxyl groups excluding tert-OH is 3. The van der Waals surface area contributed by atoms with E-state index in [4.69, 9.17) is 16.2 Å². The first-order chi connectivity index (χ1) is 41.0. The Hall–Kier alpha value is -4.32. The normalized spacial score (nSPS) is 45.8. The van der Waals surface area contributed by atoms with Gasteiger partial charge < -0.3 is 62.3 Å². The van der Waals surface area contributed by atoms with E-state index in [1.807, 2.05) is 25.4 Å². The Morgan fingerprint density at radius 3 is 2.42 bits per heavy atom. The summed E-state index contributed by atoms with van der Waals surface area (Å²) >= 11 is 0. The third kappa shape index (κ3) is 9.86. The Morgan fingerprint density at radius 1 is 0.930 bits per heavy atom. The summed E-state index contributed by atoms with van der Waals surface area (Å²) in [6.45, 7) is 9.81. The van der Waals surface area contributed by atoms with Gasteiger partial charge in [0.15, 0.2) is 17.5 Å². The fourth-order valence-electron chi connectivity index (χ4n) is 21.1. The first-order valence-electron chi connectivity index (χ1n) is 32.3. The summed E-state index contributed by atoms with van der Waals surface area (Å²) in [4.78, 5) is 53.5. The topological polar surface area (TPSA) is 294 Å². The average Bonchev–Trinajstić information content (AvgIpc) is 1.37. The summed E-state index contributed by atoms with van der Waals surface area (Å²) < 4.78 is 6.39. The highest BCUT2D eigenvalue weighted by Gasteiger charge is 2.76. The number of fused-ring (bicyclic) bond motifs is 10. The van der Waals surface area contributed by atoms with Crippen LogP contribution < -0.4 is 16.8 Å². The number of nitrogens with two attached hydrogens (primary N) is 2. The Kier molecular flexibility index (Phi) is 16.7. The predicted octanol–water partition coefficient (Wildman–Crippen LogP) is 7.56. The van der Waals surface area contributed by atoms with Gasteiger partial charge in [0, 0.05) is 84.2 Å². The summed E-state index contributed by atoms with van der Waals surface area (Å²) in [5, 5.41) is 93.0. The second-order valence-electron chi connectivity index (χ2n) is 29.1. The van der Waals surface area contributed by atoms with E-state index >= 15 is 9.90 Å². The summed E-state index contributed by atoms with van der Waals surface area (Å²) in [6.07, 6.45) is 10.7. The van der Waals surface area contributed by atoms with Crippen molar-refractivity contribution < 1.29 is 54.9 Å². The number of hydrogen-bond acceptors (Lipinski definition) is 15. The molecule has 0 radical (unpaired) electrons. The van der Waals surface area contributed by atoms with Gasteiger partial charge in [-0.2, -0.15) is 0 Å². The van der Waals surface area contributed by atoms with Gasteiger partial charge in [-0.05, 0) is 178 Å². The fourth-order valence-corrected chi connectivity index (χ4v) is 23.9. The van der Waals surface area contributed by atoms with Crippen molar-refractivity contribution in [2.24, 2.45) is 97.8 Å². The predicted molar refractivity (Wildman–Crippen MR) is 332 cm³/mol. The molecule has 1 spiro atoms. The lowest BCUT2D eigenvalue weighted by atomic mass is 9.42. The lowest BCUT2D eigenvalue weighted by Gasteiger charge is -2.64. The van der Waals surface area contributed by atoms with E-state index in [2.05, 4.69) is 54.0 Å². The van der Waals surface area contributed by atoms with Crippen LogP contribution in [-0.2, 0) is 19.1 Å². The fraction of sp³-hybridized carbons (Fsp3) is 0.706. The molecule has 1 aromatic heterocycles. The van der Waals surface area contributed by atoms with Crippen molar-refractivity contribution in [2.75, 3.05) is 24.7 Å². The molecule has 2 aromatic rings. The highest BCUT2D eigenvalue weighted by atomic mass is 33.1. The van der Waals surface area contributed by atoms with E-state index in [0.717, 1.165) is 36.8 Å². The maximum Gasteiger partial charge on any atom is 0.314 e. The number of nitrogens with one attached hydrogen (secondary N) is 2. The zero-order valence-corrected chi connectivity index (χ0v) is 52.4. The van der Waals surface area contributed by atoms with Crippen LogP contribution >= 0.6 is 21.6 Å². The Balaban J connectivity index is 1.06. The number of nitrogens with zero attached hydrogens (tertiary/aromatic N) is 1. The molecule has 0 amide bonds. The molecule has 10 aliphatic rings. The molecule has 16 nitrogen and oxygen atoms in total. The number of ether oxygens (including phenoxy) is 1. The van der Waals surface area contributed by atoms with Gasteiger partial charge in [-0.15, -0.1) is 5.92 Å². The number of benzene rings is 1. The molecule has 5 saturated carbocycles. The number of aliphatic imine (C=N–C) groups is 1. The third-order valence-corrected chi connectivity index (χ3v) is 27.5. The molecular formula is C68H93N5O11S2. The Morgan fingerprint density at radius 2 is 1.70 bits per heavy atom. The molecule has 7 fully saturated rings. The van der Waals surface area contributed by atoms with Crippen molar-refractivity contribution in [3.05, 3.63) is 76.8 Å². The zero-order valence-electron chi connectivity index (χ0n) is 50.8. The number of carbonyl (C=O) groups is 3. The van der Waals surface area contributed by atoms with Crippen LogP contribution in [-0.4, -0.2) is 130 Å². The molecule has 86 heavy (non-hydrogen) atoms. The summed E-state index contributed by atoms with van der Waals surface area (Å²) in [5.74, 6) is 2.78. The number of allylic oxidation sites excluding steroid dienone is 3. The molecule has 23 atom stereocenters. The van der Waals surface area contributed by atoms with Crippen LogP contribution in [0.1, 0.15) is 160 Å². The van der Waals surface area contributed by atoms with Crippen molar-refractivity contribution in [2.45, 2.75) is 190 Å². The van der Waals surface area contributed by atoms with Crippen LogP contribution in [0.5, 0.6) is 5.75 Å². The maximum absolute atomic E-state index is 16.4. The van der Waals surface area contributed by atoms with Crippen LogP contribution in [0.4, 0.5) is 0 Å². The number of cyclic esters (lactones) is 1. The number of phenolic OH excluding ortho intramolecular Hbond substituents is 1. The van der Waals surface area contributed by atoms with Crippen LogP contribution in [0.3, 0.4) is 0 Å². The molecular weight excluding hydrogens is 1130 g/mol. The van der Waals surface area contributed by atoms with E-state index in [0.29, 0.717) is 55.1 Å². The molecule has 2 saturated heterocycles. The number of rotatable bonds is 8. The van der Waals surface area contributed by atoms with E-state index < -0.39 is 99.9 Å². The van der Waals surface area contributed by atoms with Crippen molar-refractivity contribution in [3.8, 4) is 17.6 Å². The van der Waals surface area contributed by atoms with Gasteiger partial charge in [-0.25, -0.2) is 0 Å². The van der Waals surface area contributed by atoms with Gasteiger partial charge in [-0.1, -0.05) is 79.0 Å². The van der Waals surface area contributed by atoms with Gasteiger partial charge in [-0.3, -0.25) is 19.4 Å². The standard InChI is InChI=1S/C68H93N5O11S2/c1-6-52-53(54(61(80)84-52)42-19-24-71-32-42)40-8-7-9-41-30-68(83)56-47(63(4)31-51(77)58(78)45-35-86-85-34-43(38-12-15-44(75)16-13-38)27-50(76)49(33-74)73-57(56)59(79)55(45)63)18-20-66(68,23-25-72-62(69)70)60(41)64(5,81)67(82)22-21-65(29-40)46(37(3)28-67)17-14-39-11-10-36(2)26-48(39)65/h12-16,19,24,32,36-37,40-41,43,45-49,51-55,58,60,71,73-75,77-78,81-83H,6,9-11,17-18,20-23,25-31,33-35H2,1-5H3,(H4,69,70,72). The minimum atomic E-state index is -1.98. The molecule has 4 bridgehead atoms. The number of aromatic amines is 1. The molecule has 2 aliphatic heterocycles. The number of guanidine groups is 1. The van der Waals surface area contributed by atoms with Crippen LogP contribution in [0.2, 0.25) is 0 Å². The molecule has 1 aromatic carbocycles. The lowest BCUT2D eigenvalue weighted by molar-refractivity contribution is -0.228. The van der Waals surface area contributed by atoms with E-state index in [1.54, 1.807) is 31.2 Å². The van der Waals surface area contributed by atoms with Crippen molar-refractivity contribution in [1.82, 2.24) is 10.3 Å². The molecule has 8 aliphatic carbocycles. The van der Waals surface area contributed by atoms with Crippen LogP contribution in [0, 0.1) is 93.2 Å². The number of phenols is 1. The number of esters is 1. The van der Waals surface area contributed by atoms with Gasteiger partial charge in [0.25, 0.3) is 0 Å². The van der Waals surface area contributed by atoms with Crippen molar-refractivity contribution in [3.63, 3.8) is 0 Å². The number of hydrogen-bond donors (Lipinski definition) is 11. The molecule has 13 N–H and O–H groups in total. The summed E-state index contributed by atoms with van der Waals surface area (Å²) in [6, 6.07) is 7.37. The molecule has 468 valence electrons. The van der Waals surface area contributed by atoms with Crippen molar-refractivity contribution >= 4 is 45.1 Å². The smallest absolute Gasteiger partial charge is 0.314 e. The summed E-state index contributed by atoms with van der Waals surface area (Å²) in [7, 11) is 2.99. The largest absolute Gasteiger partial charge is 0.508 e. The number of aromatic nitrogens is 1. The number of carbonyl (C=O) groups excluding carboxylic acids is 3. The highest BCUT2D eigenvalue weighted by Crippen LogP contribution is 2.74. The first kappa shape index (κ1) is 61.9. The lowest BCUT2D eigenvalue weighted by Crippen LogP contribution is -2.68.